The molecule has 6 nitrogen and oxygen atoms in total. The van der Waals surface area contributed by atoms with E-state index in [0.29, 0.717) is 12.1 Å². The van der Waals surface area contributed by atoms with Gasteiger partial charge in [0.1, 0.15) is 0 Å². The van der Waals surface area contributed by atoms with Gasteiger partial charge in [-0.05, 0) is 51.0 Å². The van der Waals surface area contributed by atoms with Crippen LogP contribution in [0.4, 0.5) is 5.69 Å². The van der Waals surface area contributed by atoms with Crippen molar-refractivity contribution in [2.45, 2.75) is 37.6 Å². The van der Waals surface area contributed by atoms with E-state index in [2.05, 4.69) is 0 Å². The zero-order chi connectivity index (χ0) is 17.5. The third kappa shape index (κ3) is 2.97. The highest BCUT2D eigenvalue weighted by Gasteiger charge is 2.37. The number of nitro groups is 1. The van der Waals surface area contributed by atoms with E-state index in [-0.39, 0.29) is 16.6 Å². The van der Waals surface area contributed by atoms with Gasteiger partial charge in [0.15, 0.2) is 0 Å². The third-order valence-corrected chi connectivity index (χ3v) is 7.27. The predicted molar refractivity (Wildman–Crippen MR) is 92.8 cm³/mol. The van der Waals surface area contributed by atoms with Gasteiger partial charge in [-0.3, -0.25) is 10.1 Å². The van der Waals surface area contributed by atoms with E-state index in [1.54, 1.807) is 18.3 Å². The second-order valence-electron chi connectivity index (χ2n) is 5.93. The van der Waals surface area contributed by atoms with Crippen LogP contribution in [0.3, 0.4) is 0 Å². The molecule has 0 amide bonds. The molecule has 0 aliphatic carbocycles. The summed E-state index contributed by atoms with van der Waals surface area (Å²) in [5.74, 6) is 0. The van der Waals surface area contributed by atoms with Gasteiger partial charge in [-0.15, -0.1) is 11.3 Å². The van der Waals surface area contributed by atoms with Gasteiger partial charge in [0.25, 0.3) is 5.69 Å². The Labute approximate surface area is 144 Å². The van der Waals surface area contributed by atoms with Gasteiger partial charge in [-0.2, -0.15) is 4.31 Å². The number of hydrogen-bond acceptors (Lipinski definition) is 5. The lowest BCUT2D eigenvalue weighted by Gasteiger charge is -2.23. The summed E-state index contributed by atoms with van der Waals surface area (Å²) in [6, 6.07) is 7.82. The standard InChI is InChI=1S/C16H18N2O4S2/c1-11-10-13(6-7-14(11)18(19)20)24(21,22)17-9-3-4-15(17)16-8-5-12(2)23-16/h5-8,10,15H,3-4,9H2,1-2H3. The minimum Gasteiger partial charge on any atom is -0.258 e. The molecule has 1 fully saturated rings. The fraction of sp³-hybridized carbons (Fsp3) is 0.375. The fourth-order valence-electron chi connectivity index (χ4n) is 3.07. The molecule has 0 radical (unpaired) electrons. The molecule has 1 atom stereocenters. The van der Waals surface area contributed by atoms with Gasteiger partial charge in [0, 0.05) is 27.9 Å². The van der Waals surface area contributed by atoms with Crippen LogP contribution < -0.4 is 0 Å². The maximum Gasteiger partial charge on any atom is 0.272 e. The smallest absolute Gasteiger partial charge is 0.258 e. The Morgan fingerprint density at radius 3 is 2.58 bits per heavy atom. The van der Waals surface area contributed by atoms with E-state index in [1.807, 2.05) is 19.1 Å². The van der Waals surface area contributed by atoms with E-state index < -0.39 is 14.9 Å². The number of nitrogens with zero attached hydrogens (tertiary/aromatic N) is 2. The Bertz CT molecular complexity index is 889. The first-order valence-electron chi connectivity index (χ1n) is 7.64. The second kappa shape index (κ2) is 6.27. The number of sulfonamides is 1. The molecule has 0 bridgehead atoms. The molecule has 1 unspecified atom stereocenters. The summed E-state index contributed by atoms with van der Waals surface area (Å²) in [6.45, 7) is 4.03. The molecule has 24 heavy (non-hydrogen) atoms. The van der Waals surface area contributed by atoms with Crippen molar-refractivity contribution in [1.82, 2.24) is 4.31 Å². The normalized spacial score (nSPS) is 18.8. The van der Waals surface area contributed by atoms with Crippen molar-refractivity contribution >= 4 is 27.0 Å². The Morgan fingerprint density at radius 2 is 2.00 bits per heavy atom. The molecule has 1 aliphatic rings. The van der Waals surface area contributed by atoms with Crippen LogP contribution in [0.1, 0.15) is 34.2 Å². The van der Waals surface area contributed by atoms with Crippen LogP contribution in [-0.2, 0) is 10.0 Å². The highest BCUT2D eigenvalue weighted by Crippen LogP contribution is 2.39. The molecular weight excluding hydrogens is 348 g/mol. The van der Waals surface area contributed by atoms with Gasteiger partial charge < -0.3 is 0 Å². The van der Waals surface area contributed by atoms with Gasteiger partial charge in [0.05, 0.1) is 15.9 Å². The zero-order valence-electron chi connectivity index (χ0n) is 13.4. The van der Waals surface area contributed by atoms with Gasteiger partial charge >= 0.3 is 0 Å². The number of hydrogen-bond donors (Lipinski definition) is 0. The molecule has 1 aromatic carbocycles. The molecule has 128 valence electrons. The monoisotopic (exact) mass is 366 g/mol. The molecule has 2 aromatic rings. The van der Waals surface area contributed by atoms with Crippen LogP contribution in [-0.4, -0.2) is 24.2 Å². The lowest BCUT2D eigenvalue weighted by Crippen LogP contribution is -2.30. The summed E-state index contributed by atoms with van der Waals surface area (Å²) in [5, 5.41) is 10.9. The van der Waals surface area contributed by atoms with Crippen LogP contribution >= 0.6 is 11.3 Å². The van der Waals surface area contributed by atoms with Crippen LogP contribution in [0.15, 0.2) is 35.2 Å². The first-order valence-corrected chi connectivity index (χ1v) is 9.89. The van der Waals surface area contributed by atoms with E-state index in [0.717, 1.165) is 22.6 Å². The SMILES string of the molecule is Cc1ccc(C2CCCN2S(=O)(=O)c2ccc([N+](=O)[O-])c(C)c2)s1. The number of rotatable bonds is 4. The molecule has 0 saturated carbocycles. The van der Waals surface area contributed by atoms with Crippen molar-refractivity contribution < 1.29 is 13.3 Å². The van der Waals surface area contributed by atoms with Crippen molar-refractivity contribution in [2.24, 2.45) is 0 Å². The zero-order valence-corrected chi connectivity index (χ0v) is 15.1. The van der Waals surface area contributed by atoms with E-state index in [1.165, 1.54) is 22.5 Å². The molecule has 1 saturated heterocycles. The summed E-state index contributed by atoms with van der Waals surface area (Å²) < 4.78 is 27.6. The largest absolute Gasteiger partial charge is 0.272 e. The van der Waals surface area contributed by atoms with E-state index in [9.17, 15) is 18.5 Å². The van der Waals surface area contributed by atoms with Crippen LogP contribution in [0.25, 0.3) is 0 Å². The highest BCUT2D eigenvalue weighted by molar-refractivity contribution is 7.89. The van der Waals surface area contributed by atoms with Crippen molar-refractivity contribution in [3.05, 3.63) is 55.8 Å². The molecule has 2 heterocycles. The fourth-order valence-corrected chi connectivity index (χ4v) is 5.93. The number of nitro benzene ring substituents is 1. The van der Waals surface area contributed by atoms with Crippen LogP contribution in [0.5, 0.6) is 0 Å². The van der Waals surface area contributed by atoms with Crippen LogP contribution in [0.2, 0.25) is 0 Å². The van der Waals surface area contributed by atoms with Crippen molar-refractivity contribution in [2.75, 3.05) is 6.54 Å². The highest BCUT2D eigenvalue weighted by atomic mass is 32.2. The average Bonchev–Trinajstić information content (AvgIpc) is 3.15. The Balaban J connectivity index is 1.97. The first kappa shape index (κ1) is 17.1. The molecular formula is C16H18N2O4S2. The summed E-state index contributed by atoms with van der Waals surface area (Å²) >= 11 is 1.61. The minimum atomic E-state index is -3.67. The lowest BCUT2D eigenvalue weighted by atomic mass is 10.2. The number of aryl methyl sites for hydroxylation is 2. The second-order valence-corrected chi connectivity index (χ2v) is 9.14. The predicted octanol–water partition coefficient (Wildman–Crippen LogP) is 3.80. The topological polar surface area (TPSA) is 80.5 Å². The maximum atomic E-state index is 13.0. The number of thiophene rings is 1. The lowest BCUT2D eigenvalue weighted by molar-refractivity contribution is -0.385. The van der Waals surface area contributed by atoms with Gasteiger partial charge in [-0.1, -0.05) is 0 Å². The third-order valence-electron chi connectivity index (χ3n) is 4.26. The van der Waals surface area contributed by atoms with Crippen molar-refractivity contribution in [1.29, 1.82) is 0 Å². The van der Waals surface area contributed by atoms with Crippen molar-refractivity contribution in [3.63, 3.8) is 0 Å². The average molecular weight is 366 g/mol. The van der Waals surface area contributed by atoms with Crippen LogP contribution in [0, 0.1) is 24.0 Å². The van der Waals surface area contributed by atoms with Gasteiger partial charge in [0.2, 0.25) is 10.0 Å². The first-order chi connectivity index (χ1) is 11.3. The summed E-state index contributed by atoms with van der Waals surface area (Å²) in [7, 11) is -3.67. The molecule has 8 heteroatoms. The maximum absolute atomic E-state index is 13.0. The Morgan fingerprint density at radius 1 is 1.25 bits per heavy atom. The summed E-state index contributed by atoms with van der Waals surface area (Å²) in [5.41, 5.74) is 0.282. The quantitative estimate of drug-likeness (QED) is 0.609. The molecule has 1 aliphatic heterocycles. The molecule has 3 rings (SSSR count). The van der Waals surface area contributed by atoms with E-state index in [4.69, 9.17) is 0 Å². The Hall–Kier alpha value is -1.77. The van der Waals surface area contributed by atoms with E-state index >= 15 is 0 Å². The van der Waals surface area contributed by atoms with Crippen molar-refractivity contribution in [3.8, 4) is 0 Å². The Kier molecular flexibility index (Phi) is 4.46. The number of benzene rings is 1. The summed E-state index contributed by atoms with van der Waals surface area (Å²) in [4.78, 5) is 12.7. The molecule has 0 spiro atoms. The van der Waals surface area contributed by atoms with Gasteiger partial charge in [-0.25, -0.2) is 8.42 Å². The summed E-state index contributed by atoms with van der Waals surface area (Å²) in [6.07, 6.45) is 1.61. The molecule has 1 aromatic heterocycles. The minimum absolute atomic E-state index is 0.0687. The molecule has 0 N–H and O–H groups in total.